The molecule has 1 aliphatic carbocycles. The molecule has 1 nitrogen and oxygen atoms in total. The molecular weight excluding hydrogens is 226 g/mol. The summed E-state index contributed by atoms with van der Waals surface area (Å²) in [4.78, 5) is 1.16. The minimum atomic E-state index is 0.782. The molecule has 3 heteroatoms. The second-order valence-electron chi connectivity index (χ2n) is 3.76. The summed E-state index contributed by atoms with van der Waals surface area (Å²) in [5.41, 5.74) is 1.36. The lowest BCUT2D eigenvalue weighted by atomic mass is 9.99. The van der Waals surface area contributed by atoms with Gasteiger partial charge in [0.1, 0.15) is 0 Å². The van der Waals surface area contributed by atoms with Gasteiger partial charge in [-0.3, -0.25) is 0 Å². The van der Waals surface area contributed by atoms with E-state index in [1.807, 2.05) is 24.3 Å². The fourth-order valence-electron chi connectivity index (χ4n) is 1.66. The first-order valence-electron chi connectivity index (χ1n) is 5.33. The molecule has 2 rings (SSSR count). The quantitative estimate of drug-likeness (QED) is 0.679. The van der Waals surface area contributed by atoms with Crippen molar-refractivity contribution in [1.29, 1.82) is 0 Å². The molecule has 1 fully saturated rings. The van der Waals surface area contributed by atoms with Gasteiger partial charge >= 0.3 is 0 Å². The van der Waals surface area contributed by atoms with Gasteiger partial charge < -0.3 is 0 Å². The maximum Gasteiger partial charge on any atom is 0.0406 e. The highest BCUT2D eigenvalue weighted by molar-refractivity contribution is 7.98. The maximum atomic E-state index is 5.82. The van der Waals surface area contributed by atoms with Gasteiger partial charge in [0, 0.05) is 27.6 Å². The Morgan fingerprint density at radius 3 is 2.33 bits per heavy atom. The van der Waals surface area contributed by atoms with Gasteiger partial charge in [-0.15, -0.1) is 0 Å². The smallest absolute Gasteiger partial charge is 0.0406 e. The first-order valence-corrected chi connectivity index (χ1v) is 6.48. The van der Waals surface area contributed by atoms with Gasteiger partial charge in [-0.05, 0) is 49.9 Å². The van der Waals surface area contributed by atoms with Crippen molar-refractivity contribution in [3.8, 4) is 0 Å². The minimum absolute atomic E-state index is 0.782. The van der Waals surface area contributed by atoms with Crippen LogP contribution in [0.2, 0.25) is 5.02 Å². The number of hydrogen-bond acceptors (Lipinski definition) is 2. The van der Waals surface area contributed by atoms with Crippen LogP contribution in [0.1, 0.15) is 32.1 Å². The van der Waals surface area contributed by atoms with E-state index in [9.17, 15) is 0 Å². The summed E-state index contributed by atoms with van der Waals surface area (Å²) >= 11 is 7.38. The number of hydrogen-bond donors (Lipinski definition) is 0. The number of halogens is 1. The van der Waals surface area contributed by atoms with Crippen LogP contribution in [0.25, 0.3) is 0 Å². The first kappa shape index (κ1) is 11.0. The molecule has 0 aliphatic heterocycles. The van der Waals surface area contributed by atoms with Gasteiger partial charge in [-0.25, -0.2) is 4.40 Å². The van der Waals surface area contributed by atoms with Crippen LogP contribution >= 0.6 is 23.5 Å². The fourth-order valence-corrected chi connectivity index (χ4v) is 2.46. The van der Waals surface area contributed by atoms with Gasteiger partial charge in [-0.1, -0.05) is 18.0 Å². The van der Waals surface area contributed by atoms with E-state index in [-0.39, 0.29) is 0 Å². The van der Waals surface area contributed by atoms with E-state index < -0.39 is 0 Å². The Hall–Kier alpha value is -0.470. The van der Waals surface area contributed by atoms with Crippen LogP contribution in [-0.4, -0.2) is 5.71 Å². The molecule has 1 aromatic carbocycles. The molecule has 0 radical (unpaired) electrons. The summed E-state index contributed by atoms with van der Waals surface area (Å²) < 4.78 is 4.57. The SMILES string of the molecule is Clc1ccc(SN=C2CCCCC2)cc1. The molecule has 0 spiro atoms. The molecular formula is C12H14ClNS. The summed E-state index contributed by atoms with van der Waals surface area (Å²) in [6, 6.07) is 7.84. The number of nitrogens with zero attached hydrogens (tertiary/aromatic N) is 1. The van der Waals surface area contributed by atoms with Crippen LogP contribution in [-0.2, 0) is 0 Å². The molecule has 80 valence electrons. The third-order valence-corrected chi connectivity index (χ3v) is 3.61. The molecule has 1 saturated carbocycles. The highest BCUT2D eigenvalue weighted by Crippen LogP contribution is 2.24. The monoisotopic (exact) mass is 239 g/mol. The normalized spacial score (nSPS) is 16.5. The van der Waals surface area contributed by atoms with E-state index in [1.54, 1.807) is 11.9 Å². The number of rotatable bonds is 2. The predicted molar refractivity (Wildman–Crippen MR) is 67.8 cm³/mol. The van der Waals surface area contributed by atoms with Crippen LogP contribution in [0, 0.1) is 0 Å². The van der Waals surface area contributed by atoms with Crippen LogP contribution in [0.3, 0.4) is 0 Å². The average molecular weight is 240 g/mol. The molecule has 0 bridgehead atoms. The standard InChI is InChI=1S/C12H14ClNS/c13-10-6-8-12(9-7-10)15-14-11-4-2-1-3-5-11/h6-9H,1-5H2. The van der Waals surface area contributed by atoms with Gasteiger partial charge in [0.05, 0.1) is 0 Å². The average Bonchev–Trinajstić information content (AvgIpc) is 2.30. The predicted octanol–water partition coefficient (Wildman–Crippen LogP) is 4.75. The molecule has 0 N–H and O–H groups in total. The van der Waals surface area contributed by atoms with Gasteiger partial charge in [-0.2, -0.15) is 0 Å². The lowest BCUT2D eigenvalue weighted by molar-refractivity contribution is 0.668. The molecule has 0 aromatic heterocycles. The Morgan fingerprint density at radius 1 is 1.00 bits per heavy atom. The summed E-state index contributed by atoms with van der Waals surface area (Å²) in [5.74, 6) is 0. The Kier molecular flexibility index (Phi) is 4.09. The Labute approximate surface area is 100 Å². The van der Waals surface area contributed by atoms with Crippen LogP contribution < -0.4 is 0 Å². The van der Waals surface area contributed by atoms with Crippen molar-refractivity contribution in [3.05, 3.63) is 29.3 Å². The summed E-state index contributed by atoms with van der Waals surface area (Å²) in [5, 5.41) is 0.782. The molecule has 1 aliphatic rings. The third-order valence-electron chi connectivity index (χ3n) is 2.52. The van der Waals surface area contributed by atoms with Crippen molar-refractivity contribution in [2.45, 2.75) is 37.0 Å². The Morgan fingerprint density at radius 2 is 1.67 bits per heavy atom. The van der Waals surface area contributed by atoms with E-state index in [0.29, 0.717) is 0 Å². The lowest BCUT2D eigenvalue weighted by Crippen LogP contribution is -2.03. The van der Waals surface area contributed by atoms with E-state index in [0.717, 1.165) is 9.92 Å². The van der Waals surface area contributed by atoms with E-state index in [4.69, 9.17) is 11.6 Å². The highest BCUT2D eigenvalue weighted by atomic mass is 35.5. The molecule has 0 atom stereocenters. The van der Waals surface area contributed by atoms with Crippen molar-refractivity contribution < 1.29 is 0 Å². The van der Waals surface area contributed by atoms with Crippen molar-refractivity contribution in [2.75, 3.05) is 0 Å². The maximum absolute atomic E-state index is 5.82. The van der Waals surface area contributed by atoms with Gasteiger partial charge in [0.2, 0.25) is 0 Å². The van der Waals surface area contributed by atoms with Crippen LogP contribution in [0.5, 0.6) is 0 Å². The summed E-state index contributed by atoms with van der Waals surface area (Å²) in [7, 11) is 0. The molecule has 15 heavy (non-hydrogen) atoms. The largest absolute Gasteiger partial charge is 0.220 e. The molecule has 1 aromatic rings. The second kappa shape index (κ2) is 5.57. The van der Waals surface area contributed by atoms with Gasteiger partial charge in [0.25, 0.3) is 0 Å². The third kappa shape index (κ3) is 3.54. The van der Waals surface area contributed by atoms with Crippen molar-refractivity contribution in [2.24, 2.45) is 4.40 Å². The zero-order chi connectivity index (χ0) is 10.5. The lowest BCUT2D eigenvalue weighted by Gasteiger charge is -2.11. The van der Waals surface area contributed by atoms with Crippen molar-refractivity contribution >= 4 is 29.3 Å². The first-order chi connectivity index (χ1) is 7.34. The zero-order valence-corrected chi connectivity index (χ0v) is 10.2. The summed E-state index contributed by atoms with van der Waals surface area (Å²) in [6.07, 6.45) is 6.34. The molecule has 0 amide bonds. The minimum Gasteiger partial charge on any atom is -0.220 e. The van der Waals surface area contributed by atoms with E-state index in [1.165, 1.54) is 37.8 Å². The van der Waals surface area contributed by atoms with E-state index >= 15 is 0 Å². The molecule has 0 saturated heterocycles. The Balaban J connectivity index is 1.94. The van der Waals surface area contributed by atoms with Crippen LogP contribution in [0.15, 0.2) is 33.6 Å². The van der Waals surface area contributed by atoms with Crippen LogP contribution in [0.4, 0.5) is 0 Å². The highest BCUT2D eigenvalue weighted by Gasteiger charge is 2.06. The molecule has 0 unspecified atom stereocenters. The molecule has 0 heterocycles. The van der Waals surface area contributed by atoms with Gasteiger partial charge in [0.15, 0.2) is 0 Å². The number of benzene rings is 1. The Bertz CT molecular complexity index is 337. The van der Waals surface area contributed by atoms with Crippen molar-refractivity contribution in [3.63, 3.8) is 0 Å². The summed E-state index contributed by atoms with van der Waals surface area (Å²) in [6.45, 7) is 0. The zero-order valence-electron chi connectivity index (χ0n) is 8.58. The van der Waals surface area contributed by atoms with Crippen molar-refractivity contribution in [1.82, 2.24) is 0 Å². The topological polar surface area (TPSA) is 12.4 Å². The van der Waals surface area contributed by atoms with E-state index in [2.05, 4.69) is 4.40 Å². The second-order valence-corrected chi connectivity index (χ2v) is 5.04. The fraction of sp³-hybridized carbons (Fsp3) is 0.417.